The second-order valence-corrected chi connectivity index (χ2v) is 6.70. The fourth-order valence-corrected chi connectivity index (χ4v) is 2.96. The van der Waals surface area contributed by atoms with Gasteiger partial charge >= 0.3 is 0 Å². The highest BCUT2D eigenvalue weighted by atomic mass is 16.5. The summed E-state index contributed by atoms with van der Waals surface area (Å²) in [5.74, 6) is 0.627. The average Bonchev–Trinajstić information content (AvgIpc) is 2.67. The molecule has 0 aromatic heterocycles. The van der Waals surface area contributed by atoms with E-state index in [1.165, 1.54) is 5.56 Å². The maximum Gasteiger partial charge on any atom is 0.260 e. The van der Waals surface area contributed by atoms with Gasteiger partial charge in [-0.05, 0) is 55.2 Å². The van der Waals surface area contributed by atoms with Crippen molar-refractivity contribution >= 4 is 16.7 Å². The van der Waals surface area contributed by atoms with E-state index in [2.05, 4.69) is 23.5 Å². The number of nitrogens with one attached hydrogen (secondary N) is 1. The number of fused-ring (bicyclic) bond motifs is 1. The van der Waals surface area contributed by atoms with E-state index in [0.717, 1.165) is 23.6 Å². The molecule has 3 nitrogen and oxygen atoms in total. The molecule has 134 valence electrons. The number of rotatable bonds is 7. The van der Waals surface area contributed by atoms with Crippen molar-refractivity contribution in [3.8, 4) is 5.75 Å². The molecule has 0 heterocycles. The average molecular weight is 347 g/mol. The summed E-state index contributed by atoms with van der Waals surface area (Å²) in [6.45, 7) is 3.82. The lowest BCUT2D eigenvalue weighted by atomic mass is 10.1. The zero-order valence-electron chi connectivity index (χ0n) is 15.3. The smallest absolute Gasteiger partial charge is 0.260 e. The van der Waals surface area contributed by atoms with E-state index in [-0.39, 0.29) is 11.9 Å². The molecule has 0 radical (unpaired) electrons. The minimum Gasteiger partial charge on any atom is -0.481 e. The number of benzene rings is 3. The van der Waals surface area contributed by atoms with Gasteiger partial charge in [-0.2, -0.15) is 0 Å². The second kappa shape index (κ2) is 8.52. The van der Waals surface area contributed by atoms with Crippen molar-refractivity contribution in [1.82, 2.24) is 5.32 Å². The van der Waals surface area contributed by atoms with Crippen LogP contribution in [-0.2, 0) is 11.2 Å². The zero-order chi connectivity index (χ0) is 18.4. The standard InChI is InChI=1S/C23H25NO2/c1-17(12-13-19-8-4-3-5-9-19)24-23(25)18(2)26-22-15-14-20-10-6-7-11-21(20)16-22/h3-11,14-18H,12-13H2,1-2H3,(H,24,25). The highest BCUT2D eigenvalue weighted by Crippen LogP contribution is 2.21. The molecule has 0 aliphatic heterocycles. The molecule has 2 unspecified atom stereocenters. The summed E-state index contributed by atoms with van der Waals surface area (Å²) in [5, 5.41) is 5.31. The second-order valence-electron chi connectivity index (χ2n) is 6.70. The summed E-state index contributed by atoms with van der Waals surface area (Å²) in [5.41, 5.74) is 1.29. The number of amides is 1. The molecular weight excluding hydrogens is 322 g/mol. The lowest BCUT2D eigenvalue weighted by Gasteiger charge is -2.19. The van der Waals surface area contributed by atoms with Crippen LogP contribution in [0.15, 0.2) is 72.8 Å². The van der Waals surface area contributed by atoms with Crippen LogP contribution < -0.4 is 10.1 Å². The topological polar surface area (TPSA) is 38.3 Å². The first-order valence-electron chi connectivity index (χ1n) is 9.11. The summed E-state index contributed by atoms with van der Waals surface area (Å²) in [6, 6.07) is 24.4. The van der Waals surface area contributed by atoms with Crippen molar-refractivity contribution in [2.45, 2.75) is 38.8 Å². The van der Waals surface area contributed by atoms with Crippen molar-refractivity contribution in [2.75, 3.05) is 0 Å². The molecule has 1 N–H and O–H groups in total. The zero-order valence-corrected chi connectivity index (χ0v) is 15.3. The summed E-state index contributed by atoms with van der Waals surface area (Å²) in [6.07, 6.45) is 1.32. The van der Waals surface area contributed by atoms with Gasteiger partial charge in [0, 0.05) is 6.04 Å². The Hall–Kier alpha value is -2.81. The summed E-state index contributed by atoms with van der Waals surface area (Å²) >= 11 is 0. The molecule has 0 bridgehead atoms. The van der Waals surface area contributed by atoms with E-state index in [9.17, 15) is 4.79 Å². The SMILES string of the molecule is CC(CCc1ccccc1)NC(=O)C(C)Oc1ccc2ccccc2c1. The molecule has 3 rings (SSSR count). The summed E-state index contributed by atoms with van der Waals surface area (Å²) < 4.78 is 5.84. The van der Waals surface area contributed by atoms with Crippen molar-refractivity contribution in [3.05, 3.63) is 78.4 Å². The van der Waals surface area contributed by atoms with Gasteiger partial charge in [0.15, 0.2) is 6.10 Å². The minimum absolute atomic E-state index is 0.0845. The van der Waals surface area contributed by atoms with Crippen LogP contribution in [0.25, 0.3) is 10.8 Å². The van der Waals surface area contributed by atoms with Crippen molar-refractivity contribution < 1.29 is 9.53 Å². The highest BCUT2D eigenvalue weighted by molar-refractivity contribution is 5.84. The van der Waals surface area contributed by atoms with Crippen LogP contribution in [0.1, 0.15) is 25.8 Å². The van der Waals surface area contributed by atoms with Crippen molar-refractivity contribution in [3.63, 3.8) is 0 Å². The van der Waals surface area contributed by atoms with Crippen molar-refractivity contribution in [2.24, 2.45) is 0 Å². The number of aryl methyl sites for hydroxylation is 1. The Bertz CT molecular complexity index is 860. The molecule has 0 aliphatic rings. The minimum atomic E-state index is -0.532. The van der Waals surface area contributed by atoms with E-state index in [4.69, 9.17) is 4.74 Å². The highest BCUT2D eigenvalue weighted by Gasteiger charge is 2.17. The van der Waals surface area contributed by atoms with Gasteiger partial charge in [-0.1, -0.05) is 60.7 Å². The third kappa shape index (κ3) is 4.85. The van der Waals surface area contributed by atoms with Crippen LogP contribution in [0.4, 0.5) is 0 Å². The molecule has 0 saturated carbocycles. The molecule has 3 aromatic carbocycles. The number of hydrogen-bond donors (Lipinski definition) is 1. The molecule has 0 fully saturated rings. The molecular formula is C23H25NO2. The van der Waals surface area contributed by atoms with Gasteiger partial charge in [-0.25, -0.2) is 0 Å². The fraction of sp³-hybridized carbons (Fsp3) is 0.261. The Kier molecular flexibility index (Phi) is 5.90. The fourth-order valence-electron chi connectivity index (χ4n) is 2.96. The monoisotopic (exact) mass is 347 g/mol. The lowest BCUT2D eigenvalue weighted by molar-refractivity contribution is -0.127. The molecule has 2 atom stereocenters. The van der Waals surface area contributed by atoms with Crippen LogP contribution in [0.2, 0.25) is 0 Å². The number of hydrogen-bond acceptors (Lipinski definition) is 2. The first-order valence-corrected chi connectivity index (χ1v) is 9.11. The summed E-state index contributed by atoms with van der Waals surface area (Å²) in [7, 11) is 0. The van der Waals surface area contributed by atoms with E-state index in [1.54, 1.807) is 6.92 Å². The molecule has 0 spiro atoms. The van der Waals surface area contributed by atoms with Gasteiger partial charge in [-0.3, -0.25) is 4.79 Å². The van der Waals surface area contributed by atoms with Gasteiger partial charge in [0.05, 0.1) is 0 Å². The Morgan fingerprint density at radius 3 is 2.38 bits per heavy atom. The van der Waals surface area contributed by atoms with Crippen LogP contribution in [0.3, 0.4) is 0 Å². The molecule has 3 aromatic rings. The van der Waals surface area contributed by atoms with Gasteiger partial charge in [0.25, 0.3) is 5.91 Å². The first-order chi connectivity index (χ1) is 12.6. The van der Waals surface area contributed by atoms with Crippen LogP contribution >= 0.6 is 0 Å². The van der Waals surface area contributed by atoms with Crippen LogP contribution in [0.5, 0.6) is 5.75 Å². The van der Waals surface area contributed by atoms with Crippen LogP contribution in [-0.4, -0.2) is 18.1 Å². The largest absolute Gasteiger partial charge is 0.481 e. The van der Waals surface area contributed by atoms with Crippen LogP contribution in [0, 0.1) is 0 Å². The number of carbonyl (C=O) groups is 1. The third-order valence-electron chi connectivity index (χ3n) is 4.50. The van der Waals surface area contributed by atoms with Gasteiger partial charge in [0.2, 0.25) is 0 Å². The first kappa shape index (κ1) is 18.0. The van der Waals surface area contributed by atoms with Crippen molar-refractivity contribution in [1.29, 1.82) is 0 Å². The lowest BCUT2D eigenvalue weighted by Crippen LogP contribution is -2.41. The van der Waals surface area contributed by atoms with E-state index in [1.807, 2.05) is 61.5 Å². The molecule has 26 heavy (non-hydrogen) atoms. The Morgan fingerprint density at radius 1 is 0.923 bits per heavy atom. The molecule has 0 saturated heterocycles. The molecule has 3 heteroatoms. The third-order valence-corrected chi connectivity index (χ3v) is 4.50. The molecule has 0 aliphatic carbocycles. The van der Waals surface area contributed by atoms with E-state index in [0.29, 0.717) is 5.75 Å². The summed E-state index contributed by atoms with van der Waals surface area (Å²) in [4.78, 5) is 12.4. The van der Waals surface area contributed by atoms with Gasteiger partial charge in [0.1, 0.15) is 5.75 Å². The maximum atomic E-state index is 12.4. The maximum absolute atomic E-state index is 12.4. The predicted octanol–water partition coefficient (Wildman–Crippen LogP) is 4.74. The van der Waals surface area contributed by atoms with E-state index >= 15 is 0 Å². The Morgan fingerprint density at radius 2 is 1.62 bits per heavy atom. The number of ether oxygens (including phenoxy) is 1. The van der Waals surface area contributed by atoms with Gasteiger partial charge < -0.3 is 10.1 Å². The quantitative estimate of drug-likeness (QED) is 0.670. The van der Waals surface area contributed by atoms with E-state index < -0.39 is 6.10 Å². The Labute approximate surface area is 155 Å². The number of carbonyl (C=O) groups excluding carboxylic acids is 1. The normalized spacial score (nSPS) is 13.2. The Balaban J connectivity index is 1.51. The van der Waals surface area contributed by atoms with Gasteiger partial charge in [-0.15, -0.1) is 0 Å². The predicted molar refractivity (Wildman–Crippen MR) is 106 cm³/mol. The molecule has 1 amide bonds.